The Morgan fingerprint density at radius 2 is 1.42 bits per heavy atom. The molecule has 2 amide bonds. The molecule has 1 N–H and O–H groups in total. The van der Waals surface area contributed by atoms with Crippen LogP contribution in [0.4, 0.5) is 5.69 Å². The normalized spacial score (nSPS) is 12.0. The molecule has 0 saturated heterocycles. The molecule has 3 rings (SSSR count). The van der Waals surface area contributed by atoms with Crippen molar-refractivity contribution in [3.63, 3.8) is 0 Å². The average Bonchev–Trinajstić information content (AvgIpc) is 2.86. The van der Waals surface area contributed by atoms with E-state index in [9.17, 15) is 18.0 Å². The Morgan fingerprint density at radius 1 is 0.889 bits per heavy atom. The zero-order valence-electron chi connectivity index (χ0n) is 20.1. The number of halogens is 2. The molecule has 0 radical (unpaired) electrons. The first-order chi connectivity index (χ1) is 17.0. The first kappa shape index (κ1) is 27.5. The number of hydrogen-bond acceptors (Lipinski definition) is 4. The van der Waals surface area contributed by atoms with E-state index in [1.807, 2.05) is 6.92 Å². The van der Waals surface area contributed by atoms with Crippen molar-refractivity contribution >= 4 is 50.7 Å². The van der Waals surface area contributed by atoms with Crippen LogP contribution >= 0.6 is 23.2 Å². The monoisotopic (exact) mass is 547 g/mol. The highest BCUT2D eigenvalue weighted by molar-refractivity contribution is 7.92. The second-order valence-corrected chi connectivity index (χ2v) is 11.0. The van der Waals surface area contributed by atoms with Gasteiger partial charge in [0.1, 0.15) is 12.6 Å². The maximum atomic E-state index is 13.7. The van der Waals surface area contributed by atoms with Gasteiger partial charge in [-0.2, -0.15) is 0 Å². The molecule has 7 nitrogen and oxygen atoms in total. The van der Waals surface area contributed by atoms with Crippen molar-refractivity contribution in [2.24, 2.45) is 0 Å². The fraction of sp³-hybridized carbons (Fsp3) is 0.231. The van der Waals surface area contributed by atoms with Crippen LogP contribution in [0.5, 0.6) is 0 Å². The van der Waals surface area contributed by atoms with E-state index in [2.05, 4.69) is 5.32 Å². The van der Waals surface area contributed by atoms with E-state index in [0.717, 1.165) is 15.4 Å². The van der Waals surface area contributed by atoms with E-state index >= 15 is 0 Å². The van der Waals surface area contributed by atoms with Gasteiger partial charge in [0.2, 0.25) is 11.8 Å². The van der Waals surface area contributed by atoms with Gasteiger partial charge >= 0.3 is 0 Å². The lowest BCUT2D eigenvalue weighted by Gasteiger charge is -2.31. The summed E-state index contributed by atoms with van der Waals surface area (Å²) >= 11 is 11.9. The van der Waals surface area contributed by atoms with Crippen LogP contribution < -0.4 is 9.62 Å². The molecule has 3 aromatic rings. The number of benzene rings is 3. The van der Waals surface area contributed by atoms with Crippen molar-refractivity contribution in [3.05, 3.63) is 94.0 Å². The SMILES string of the molecule is CNC(=O)[C@@H](C)N(Cc1ccc(Cl)cc1)C(=O)CN(c1ccc(C)cc1)S(=O)(=O)c1ccc(Cl)cc1. The maximum Gasteiger partial charge on any atom is 0.264 e. The van der Waals surface area contributed by atoms with Gasteiger partial charge in [0.05, 0.1) is 10.6 Å². The van der Waals surface area contributed by atoms with Crippen LogP contribution in [0.15, 0.2) is 77.7 Å². The molecular formula is C26H27Cl2N3O4S. The number of hydrogen-bond donors (Lipinski definition) is 1. The molecule has 0 bridgehead atoms. The van der Waals surface area contributed by atoms with E-state index < -0.39 is 28.5 Å². The summed E-state index contributed by atoms with van der Waals surface area (Å²) in [5.41, 5.74) is 2.00. The second-order valence-electron chi connectivity index (χ2n) is 8.24. The van der Waals surface area contributed by atoms with Crippen molar-refractivity contribution in [3.8, 4) is 0 Å². The predicted octanol–water partition coefficient (Wildman–Crippen LogP) is 4.66. The number of nitrogens with zero attached hydrogens (tertiary/aromatic N) is 2. The average molecular weight is 548 g/mol. The fourth-order valence-electron chi connectivity index (χ4n) is 3.55. The third-order valence-corrected chi connectivity index (χ3v) is 7.97. The number of carbonyl (C=O) groups is 2. The van der Waals surface area contributed by atoms with Gasteiger partial charge in [0, 0.05) is 23.6 Å². The summed E-state index contributed by atoms with van der Waals surface area (Å²) in [6, 6.07) is 18.6. The molecule has 0 fully saturated rings. The first-order valence-electron chi connectivity index (χ1n) is 11.1. The Hall–Kier alpha value is -3.07. The molecule has 0 aliphatic rings. The molecule has 3 aromatic carbocycles. The van der Waals surface area contributed by atoms with E-state index in [1.165, 1.54) is 36.2 Å². The molecule has 190 valence electrons. The van der Waals surface area contributed by atoms with E-state index in [4.69, 9.17) is 23.2 Å². The predicted molar refractivity (Wildman–Crippen MR) is 143 cm³/mol. The smallest absolute Gasteiger partial charge is 0.264 e. The second kappa shape index (κ2) is 11.8. The summed E-state index contributed by atoms with van der Waals surface area (Å²) in [6.07, 6.45) is 0. The summed E-state index contributed by atoms with van der Waals surface area (Å²) in [5, 5.41) is 3.48. The van der Waals surface area contributed by atoms with E-state index in [-0.39, 0.29) is 17.3 Å². The fourth-order valence-corrected chi connectivity index (χ4v) is 5.22. The van der Waals surface area contributed by atoms with E-state index in [1.54, 1.807) is 55.5 Å². The number of aryl methyl sites for hydroxylation is 1. The zero-order chi connectivity index (χ0) is 26.5. The molecule has 10 heteroatoms. The Balaban J connectivity index is 2.01. The Bertz CT molecular complexity index is 1310. The van der Waals surface area contributed by atoms with Gasteiger partial charge in [-0.15, -0.1) is 0 Å². The van der Waals surface area contributed by atoms with Crippen molar-refractivity contribution in [2.45, 2.75) is 31.3 Å². The zero-order valence-corrected chi connectivity index (χ0v) is 22.4. The highest BCUT2D eigenvalue weighted by Crippen LogP contribution is 2.26. The minimum Gasteiger partial charge on any atom is -0.357 e. The lowest BCUT2D eigenvalue weighted by atomic mass is 10.1. The highest BCUT2D eigenvalue weighted by atomic mass is 35.5. The molecule has 0 aromatic heterocycles. The first-order valence-corrected chi connectivity index (χ1v) is 13.3. The highest BCUT2D eigenvalue weighted by Gasteiger charge is 2.32. The largest absolute Gasteiger partial charge is 0.357 e. The van der Waals surface area contributed by atoms with Crippen LogP contribution in [-0.2, 0) is 26.2 Å². The van der Waals surface area contributed by atoms with Crippen molar-refractivity contribution in [1.29, 1.82) is 0 Å². The number of rotatable bonds is 9. The number of likely N-dealkylation sites (N-methyl/N-ethyl adjacent to an activating group) is 1. The van der Waals surface area contributed by atoms with Crippen molar-refractivity contribution in [2.75, 3.05) is 17.9 Å². The van der Waals surface area contributed by atoms with Gasteiger partial charge < -0.3 is 10.2 Å². The Kier molecular flexibility index (Phi) is 9.00. The molecule has 0 aliphatic carbocycles. The number of nitrogens with one attached hydrogen (secondary N) is 1. The Morgan fingerprint density at radius 3 is 1.94 bits per heavy atom. The number of sulfonamides is 1. The summed E-state index contributed by atoms with van der Waals surface area (Å²) in [7, 11) is -2.65. The third kappa shape index (κ3) is 6.57. The third-order valence-electron chi connectivity index (χ3n) is 5.68. The topological polar surface area (TPSA) is 86.8 Å². The lowest BCUT2D eigenvalue weighted by Crippen LogP contribution is -2.50. The molecule has 1 atom stereocenters. The molecule has 36 heavy (non-hydrogen) atoms. The van der Waals surface area contributed by atoms with Crippen LogP contribution in [0, 0.1) is 6.92 Å². The standard InChI is InChI=1S/C26H27Cl2N3O4S/c1-18-4-12-23(13-5-18)31(36(34,35)24-14-10-22(28)11-15-24)17-25(32)30(19(2)26(33)29-3)16-20-6-8-21(27)9-7-20/h4-15,19H,16-17H2,1-3H3,(H,29,33)/t19-/m1/s1. The summed E-state index contributed by atoms with van der Waals surface area (Å²) in [4.78, 5) is 27.5. The van der Waals surface area contributed by atoms with Gasteiger partial charge in [-0.3, -0.25) is 13.9 Å². The van der Waals surface area contributed by atoms with Gasteiger partial charge in [-0.05, 0) is 67.9 Å². The van der Waals surface area contributed by atoms with Crippen LogP contribution in [-0.4, -0.2) is 44.8 Å². The number of carbonyl (C=O) groups excluding carboxylic acids is 2. The van der Waals surface area contributed by atoms with Crippen LogP contribution in [0.3, 0.4) is 0 Å². The summed E-state index contributed by atoms with van der Waals surface area (Å²) < 4.78 is 28.4. The molecule has 0 unspecified atom stereocenters. The van der Waals surface area contributed by atoms with Gasteiger partial charge in [0.25, 0.3) is 10.0 Å². The van der Waals surface area contributed by atoms with Gasteiger partial charge in [-0.25, -0.2) is 8.42 Å². The van der Waals surface area contributed by atoms with Crippen molar-refractivity contribution < 1.29 is 18.0 Å². The van der Waals surface area contributed by atoms with E-state index in [0.29, 0.717) is 15.7 Å². The van der Waals surface area contributed by atoms with Gasteiger partial charge in [-0.1, -0.05) is 53.0 Å². The minimum atomic E-state index is -4.13. The van der Waals surface area contributed by atoms with Crippen LogP contribution in [0.2, 0.25) is 10.0 Å². The maximum absolute atomic E-state index is 13.7. The molecule has 0 heterocycles. The van der Waals surface area contributed by atoms with Crippen LogP contribution in [0.25, 0.3) is 0 Å². The van der Waals surface area contributed by atoms with Crippen LogP contribution in [0.1, 0.15) is 18.1 Å². The Labute approximate surface area is 221 Å². The lowest BCUT2D eigenvalue weighted by molar-refractivity contribution is -0.139. The van der Waals surface area contributed by atoms with Crippen molar-refractivity contribution in [1.82, 2.24) is 10.2 Å². The molecule has 0 aliphatic heterocycles. The summed E-state index contributed by atoms with van der Waals surface area (Å²) in [5.74, 6) is -0.918. The molecular weight excluding hydrogens is 521 g/mol. The number of amides is 2. The molecule has 0 saturated carbocycles. The number of anilines is 1. The minimum absolute atomic E-state index is 0.0103. The molecule has 0 spiro atoms. The van der Waals surface area contributed by atoms with Gasteiger partial charge in [0.15, 0.2) is 0 Å². The quantitative estimate of drug-likeness (QED) is 0.422. The summed E-state index contributed by atoms with van der Waals surface area (Å²) in [6.45, 7) is 3.05.